The molecule has 0 saturated heterocycles. The zero-order valence-corrected chi connectivity index (χ0v) is 17.6. The normalized spacial score (nSPS) is 11.0. The summed E-state index contributed by atoms with van der Waals surface area (Å²) in [6.45, 7) is 0. The van der Waals surface area contributed by atoms with E-state index in [1.807, 2.05) is 24.3 Å². The summed E-state index contributed by atoms with van der Waals surface area (Å²) in [7, 11) is -2.23. The van der Waals surface area contributed by atoms with Gasteiger partial charge in [0.05, 0.1) is 17.8 Å². The number of nitrogens with one attached hydrogen (secondary N) is 2. The van der Waals surface area contributed by atoms with Crippen molar-refractivity contribution in [2.24, 2.45) is 0 Å². The molecule has 0 spiro atoms. The van der Waals surface area contributed by atoms with Crippen LogP contribution in [-0.4, -0.2) is 27.2 Å². The smallest absolute Gasteiger partial charge is 0.261 e. The van der Waals surface area contributed by atoms with Crippen LogP contribution in [-0.2, 0) is 14.8 Å². The molecule has 2 N–H and O–H groups in total. The molecule has 0 aliphatic rings. The molecule has 0 heterocycles. The van der Waals surface area contributed by atoms with Gasteiger partial charge < -0.3 is 10.1 Å². The van der Waals surface area contributed by atoms with Crippen LogP contribution >= 0.6 is 11.8 Å². The Morgan fingerprint density at radius 2 is 1.53 bits per heavy atom. The summed E-state index contributed by atoms with van der Waals surface area (Å²) in [5.74, 6) is 0.283. The Bertz CT molecular complexity index is 1100. The van der Waals surface area contributed by atoms with Crippen LogP contribution in [0.5, 0.6) is 5.75 Å². The Labute approximate surface area is 178 Å². The predicted octanol–water partition coefficient (Wildman–Crippen LogP) is 4.37. The molecule has 0 aromatic heterocycles. The number of sulfonamides is 1. The number of carbonyl (C=O) groups excluding carboxylic acids is 1. The van der Waals surface area contributed by atoms with E-state index in [-0.39, 0.29) is 22.2 Å². The number of thioether (sulfide) groups is 1. The lowest BCUT2D eigenvalue weighted by Gasteiger charge is -2.10. The van der Waals surface area contributed by atoms with E-state index in [1.54, 1.807) is 7.11 Å². The van der Waals surface area contributed by atoms with Crippen molar-refractivity contribution in [3.63, 3.8) is 0 Å². The third-order valence-corrected chi connectivity index (χ3v) is 6.38. The molecule has 0 saturated carbocycles. The Kier molecular flexibility index (Phi) is 6.96. The first kappa shape index (κ1) is 21.7. The second-order valence-electron chi connectivity index (χ2n) is 6.15. The fraction of sp³-hybridized carbons (Fsp3) is 0.0952. The van der Waals surface area contributed by atoms with Gasteiger partial charge in [-0.1, -0.05) is 0 Å². The van der Waals surface area contributed by atoms with Gasteiger partial charge in [-0.15, -0.1) is 11.8 Å². The molecule has 0 atom stereocenters. The van der Waals surface area contributed by atoms with E-state index in [2.05, 4.69) is 10.0 Å². The average molecular weight is 447 g/mol. The molecule has 3 aromatic rings. The van der Waals surface area contributed by atoms with Gasteiger partial charge in [-0.25, -0.2) is 12.8 Å². The topological polar surface area (TPSA) is 84.5 Å². The third-order valence-electron chi connectivity index (χ3n) is 3.97. The highest BCUT2D eigenvalue weighted by molar-refractivity contribution is 8.00. The summed E-state index contributed by atoms with van der Waals surface area (Å²) in [4.78, 5) is 13.1. The van der Waals surface area contributed by atoms with E-state index in [4.69, 9.17) is 4.74 Å². The lowest BCUT2D eigenvalue weighted by molar-refractivity contribution is -0.113. The number of halogens is 1. The van der Waals surface area contributed by atoms with Crippen molar-refractivity contribution in [2.45, 2.75) is 9.79 Å². The molecule has 3 aromatic carbocycles. The van der Waals surface area contributed by atoms with Gasteiger partial charge in [0, 0.05) is 16.3 Å². The quantitative estimate of drug-likeness (QED) is 0.502. The summed E-state index contributed by atoms with van der Waals surface area (Å²) in [6, 6.07) is 18.2. The van der Waals surface area contributed by atoms with Crippen LogP contribution in [0.4, 0.5) is 15.8 Å². The number of methoxy groups -OCH3 is 1. The maximum atomic E-state index is 13.0. The highest BCUT2D eigenvalue weighted by Crippen LogP contribution is 2.22. The second kappa shape index (κ2) is 9.64. The molecule has 156 valence electrons. The third kappa shape index (κ3) is 5.98. The largest absolute Gasteiger partial charge is 0.497 e. The Morgan fingerprint density at radius 3 is 2.13 bits per heavy atom. The van der Waals surface area contributed by atoms with Crippen LogP contribution in [0.1, 0.15) is 0 Å². The molecule has 1 amide bonds. The molecule has 0 unspecified atom stereocenters. The molecule has 0 bridgehead atoms. The SMILES string of the molecule is COc1ccc(SCC(=O)Nc2ccc(S(=O)(=O)Nc3ccc(F)cc3)cc2)cc1. The van der Waals surface area contributed by atoms with E-state index in [1.165, 1.54) is 60.3 Å². The average Bonchev–Trinajstić information content (AvgIpc) is 2.74. The minimum atomic E-state index is -3.82. The van der Waals surface area contributed by atoms with Gasteiger partial charge >= 0.3 is 0 Å². The highest BCUT2D eigenvalue weighted by atomic mass is 32.2. The molecule has 0 fully saturated rings. The van der Waals surface area contributed by atoms with Crippen LogP contribution in [0, 0.1) is 5.82 Å². The van der Waals surface area contributed by atoms with Crippen molar-refractivity contribution in [3.05, 3.63) is 78.6 Å². The van der Waals surface area contributed by atoms with E-state index in [0.29, 0.717) is 5.69 Å². The van der Waals surface area contributed by atoms with E-state index in [9.17, 15) is 17.6 Å². The molecular formula is C21H19FN2O4S2. The van der Waals surface area contributed by atoms with Gasteiger partial charge in [0.25, 0.3) is 10.0 Å². The van der Waals surface area contributed by atoms with Crippen LogP contribution in [0.25, 0.3) is 0 Å². The lowest BCUT2D eigenvalue weighted by atomic mass is 10.3. The van der Waals surface area contributed by atoms with Crippen LogP contribution in [0.2, 0.25) is 0 Å². The van der Waals surface area contributed by atoms with E-state index in [0.717, 1.165) is 10.6 Å². The summed E-state index contributed by atoms with van der Waals surface area (Å²) in [5.41, 5.74) is 0.736. The van der Waals surface area contributed by atoms with Gasteiger partial charge in [-0.2, -0.15) is 0 Å². The van der Waals surface area contributed by atoms with Crippen molar-refractivity contribution >= 4 is 39.1 Å². The number of rotatable bonds is 8. The minimum Gasteiger partial charge on any atom is -0.497 e. The Hall–Kier alpha value is -3.04. The summed E-state index contributed by atoms with van der Waals surface area (Å²) in [5, 5.41) is 2.73. The molecule has 9 heteroatoms. The lowest BCUT2D eigenvalue weighted by Crippen LogP contribution is -2.15. The Morgan fingerprint density at radius 1 is 0.933 bits per heavy atom. The van der Waals surface area contributed by atoms with Gasteiger partial charge in [0.15, 0.2) is 0 Å². The molecule has 3 rings (SSSR count). The molecular weight excluding hydrogens is 427 g/mol. The number of benzene rings is 3. The maximum Gasteiger partial charge on any atom is 0.261 e. The van der Waals surface area contributed by atoms with Crippen LogP contribution in [0.15, 0.2) is 82.6 Å². The van der Waals surface area contributed by atoms with E-state index < -0.39 is 15.8 Å². The van der Waals surface area contributed by atoms with Crippen molar-refractivity contribution in [1.82, 2.24) is 0 Å². The first-order valence-corrected chi connectivity index (χ1v) is 11.3. The zero-order chi connectivity index (χ0) is 21.6. The number of ether oxygens (including phenoxy) is 1. The first-order chi connectivity index (χ1) is 14.4. The zero-order valence-electron chi connectivity index (χ0n) is 16.0. The second-order valence-corrected chi connectivity index (χ2v) is 8.88. The first-order valence-electron chi connectivity index (χ1n) is 8.81. The van der Waals surface area contributed by atoms with Crippen LogP contribution < -0.4 is 14.8 Å². The fourth-order valence-corrected chi connectivity index (χ4v) is 4.22. The molecule has 0 aliphatic carbocycles. The monoisotopic (exact) mass is 446 g/mol. The number of hydrogen-bond acceptors (Lipinski definition) is 5. The van der Waals surface area contributed by atoms with E-state index >= 15 is 0 Å². The minimum absolute atomic E-state index is 0.0254. The fourth-order valence-electron chi connectivity index (χ4n) is 2.47. The van der Waals surface area contributed by atoms with Crippen molar-refractivity contribution in [2.75, 3.05) is 22.9 Å². The molecule has 0 radical (unpaired) electrons. The molecule has 0 aliphatic heterocycles. The number of anilines is 2. The molecule has 30 heavy (non-hydrogen) atoms. The van der Waals surface area contributed by atoms with Crippen LogP contribution in [0.3, 0.4) is 0 Å². The van der Waals surface area contributed by atoms with Gasteiger partial charge in [0.2, 0.25) is 5.91 Å². The van der Waals surface area contributed by atoms with Gasteiger partial charge in [-0.05, 0) is 72.8 Å². The van der Waals surface area contributed by atoms with Gasteiger partial charge in [0.1, 0.15) is 11.6 Å². The molecule has 6 nitrogen and oxygen atoms in total. The summed E-state index contributed by atoms with van der Waals surface area (Å²) >= 11 is 1.38. The Balaban J connectivity index is 1.56. The van der Waals surface area contributed by atoms with Gasteiger partial charge in [-0.3, -0.25) is 9.52 Å². The standard InChI is InChI=1S/C21H19FN2O4S2/c1-28-18-8-10-19(11-9-18)29-14-21(25)23-16-6-12-20(13-7-16)30(26,27)24-17-4-2-15(22)3-5-17/h2-13,24H,14H2,1H3,(H,23,25). The predicted molar refractivity (Wildman–Crippen MR) is 116 cm³/mol. The number of hydrogen-bond donors (Lipinski definition) is 2. The van der Waals surface area contributed by atoms with Crippen molar-refractivity contribution < 1.29 is 22.3 Å². The van der Waals surface area contributed by atoms with Crippen molar-refractivity contribution in [3.8, 4) is 5.75 Å². The van der Waals surface area contributed by atoms with Crippen molar-refractivity contribution in [1.29, 1.82) is 0 Å². The highest BCUT2D eigenvalue weighted by Gasteiger charge is 2.14. The number of carbonyl (C=O) groups is 1. The number of amides is 1. The summed E-state index contributed by atoms with van der Waals surface area (Å²) < 4.78 is 45.3. The maximum absolute atomic E-state index is 13.0. The summed E-state index contributed by atoms with van der Waals surface area (Å²) in [6.07, 6.45) is 0.